The second kappa shape index (κ2) is 6.14. The number of hydrogen-bond donors (Lipinski definition) is 3. The molecule has 0 saturated heterocycles. The summed E-state index contributed by atoms with van der Waals surface area (Å²) in [4.78, 5) is 12.2. The number of aromatic amines is 1. The minimum Gasteiger partial charge on any atom is -0.389 e. The van der Waals surface area contributed by atoms with E-state index in [1.165, 1.54) is 6.20 Å². The van der Waals surface area contributed by atoms with Gasteiger partial charge in [0.1, 0.15) is 10.8 Å². The largest absolute Gasteiger partial charge is 0.389 e. The van der Waals surface area contributed by atoms with Crippen LogP contribution in [0.15, 0.2) is 6.20 Å². The Labute approximate surface area is 119 Å². The van der Waals surface area contributed by atoms with Crippen LogP contribution in [0.25, 0.3) is 0 Å². The molecule has 106 valence electrons. The van der Waals surface area contributed by atoms with Gasteiger partial charge >= 0.3 is 0 Å². The van der Waals surface area contributed by atoms with E-state index in [-0.39, 0.29) is 16.3 Å². The van der Waals surface area contributed by atoms with Gasteiger partial charge in [-0.25, -0.2) is 0 Å². The maximum absolute atomic E-state index is 11.9. The number of rotatable bonds is 5. The first-order valence-electron chi connectivity index (χ1n) is 6.32. The number of aromatic nitrogens is 2. The Kier molecular flexibility index (Phi) is 5.05. The fourth-order valence-electron chi connectivity index (χ4n) is 2.19. The van der Waals surface area contributed by atoms with Gasteiger partial charge in [0, 0.05) is 6.42 Å². The smallest absolute Gasteiger partial charge is 0.225 e. The number of H-pyrrole nitrogens is 1. The number of anilines is 1. The van der Waals surface area contributed by atoms with Crippen molar-refractivity contribution in [1.82, 2.24) is 10.2 Å². The van der Waals surface area contributed by atoms with Crippen LogP contribution >= 0.6 is 12.2 Å². The molecule has 0 saturated carbocycles. The molecule has 1 heterocycles. The maximum Gasteiger partial charge on any atom is 0.225 e. The Balaban J connectivity index is 2.56. The highest BCUT2D eigenvalue weighted by Crippen LogP contribution is 2.26. The third-order valence-electron chi connectivity index (χ3n) is 2.66. The molecule has 1 amide bonds. The summed E-state index contributed by atoms with van der Waals surface area (Å²) in [6.07, 6.45) is 2.97. The molecule has 0 aliphatic carbocycles. The number of carbonyl (C=O) groups is 1. The van der Waals surface area contributed by atoms with E-state index in [0.717, 1.165) is 6.42 Å². The van der Waals surface area contributed by atoms with Crippen LogP contribution in [-0.4, -0.2) is 21.1 Å². The summed E-state index contributed by atoms with van der Waals surface area (Å²) < 4.78 is 0. The number of nitrogens with zero attached hydrogens (tertiary/aromatic N) is 1. The van der Waals surface area contributed by atoms with E-state index in [1.54, 1.807) is 0 Å². The van der Waals surface area contributed by atoms with Crippen LogP contribution in [0.2, 0.25) is 0 Å². The summed E-state index contributed by atoms with van der Waals surface area (Å²) in [5.41, 5.74) is 6.32. The van der Waals surface area contributed by atoms with E-state index in [1.807, 2.05) is 0 Å². The number of amides is 1. The lowest BCUT2D eigenvalue weighted by atomic mass is 9.84. The summed E-state index contributed by atoms with van der Waals surface area (Å²) in [6.45, 7) is 8.58. The lowest BCUT2D eigenvalue weighted by Crippen LogP contribution is -2.20. The van der Waals surface area contributed by atoms with E-state index in [4.69, 9.17) is 18.0 Å². The third-order valence-corrected chi connectivity index (χ3v) is 2.88. The monoisotopic (exact) mass is 282 g/mol. The van der Waals surface area contributed by atoms with Gasteiger partial charge in [0.2, 0.25) is 5.91 Å². The molecule has 1 rings (SSSR count). The predicted octanol–water partition coefficient (Wildman–Crippen LogP) is 2.44. The Bertz CT molecular complexity index is 461. The molecule has 19 heavy (non-hydrogen) atoms. The molecule has 6 heteroatoms. The average Bonchev–Trinajstić information content (AvgIpc) is 2.61. The van der Waals surface area contributed by atoms with Crippen molar-refractivity contribution in [3.8, 4) is 0 Å². The fraction of sp³-hybridized carbons (Fsp3) is 0.615. The van der Waals surface area contributed by atoms with Crippen LogP contribution in [0, 0.1) is 11.3 Å². The van der Waals surface area contributed by atoms with Crippen molar-refractivity contribution in [3.05, 3.63) is 11.8 Å². The fourth-order valence-corrected chi connectivity index (χ4v) is 2.35. The Hall–Kier alpha value is -1.43. The molecule has 0 bridgehead atoms. The first-order valence-corrected chi connectivity index (χ1v) is 6.73. The average molecular weight is 282 g/mol. The molecule has 0 radical (unpaired) electrons. The van der Waals surface area contributed by atoms with Gasteiger partial charge in [0.15, 0.2) is 0 Å². The minimum atomic E-state index is -0.0569. The molecule has 1 aromatic rings. The maximum atomic E-state index is 11.9. The molecule has 0 aliphatic rings. The Morgan fingerprint density at radius 2 is 2.21 bits per heavy atom. The quantitative estimate of drug-likeness (QED) is 0.724. The third kappa shape index (κ3) is 5.38. The highest BCUT2D eigenvalue weighted by molar-refractivity contribution is 7.80. The van der Waals surface area contributed by atoms with Gasteiger partial charge in [-0.3, -0.25) is 9.89 Å². The molecule has 5 nitrogen and oxygen atoms in total. The zero-order valence-electron chi connectivity index (χ0n) is 11.9. The van der Waals surface area contributed by atoms with E-state index in [2.05, 4.69) is 43.2 Å². The molecule has 4 N–H and O–H groups in total. The van der Waals surface area contributed by atoms with E-state index < -0.39 is 0 Å². The van der Waals surface area contributed by atoms with Gasteiger partial charge < -0.3 is 11.1 Å². The Morgan fingerprint density at radius 3 is 2.74 bits per heavy atom. The molecule has 1 atom stereocenters. The van der Waals surface area contributed by atoms with Crippen molar-refractivity contribution in [2.75, 3.05) is 5.32 Å². The Morgan fingerprint density at radius 1 is 1.58 bits per heavy atom. The molecule has 0 aliphatic heterocycles. The van der Waals surface area contributed by atoms with Crippen molar-refractivity contribution in [2.45, 2.75) is 40.5 Å². The summed E-state index contributed by atoms with van der Waals surface area (Å²) in [5.74, 6) is 0.732. The van der Waals surface area contributed by atoms with Gasteiger partial charge in [-0.2, -0.15) is 5.10 Å². The number of carbonyl (C=O) groups excluding carboxylic acids is 1. The normalized spacial score (nSPS) is 13.1. The van der Waals surface area contributed by atoms with Crippen molar-refractivity contribution < 1.29 is 4.79 Å². The highest BCUT2D eigenvalue weighted by atomic mass is 32.1. The molecule has 0 aromatic carbocycles. The summed E-state index contributed by atoms with van der Waals surface area (Å²) in [7, 11) is 0. The van der Waals surface area contributed by atoms with E-state index >= 15 is 0 Å². The van der Waals surface area contributed by atoms with Crippen molar-refractivity contribution in [2.24, 2.45) is 17.1 Å². The highest BCUT2D eigenvalue weighted by Gasteiger charge is 2.18. The standard InChI is InChI=1S/C13H22N4OS/c1-8(6-13(2,3)4)5-10(18)16-12-9(11(14)19)7-15-17-12/h7-8H,5-6H2,1-4H3,(H2,14,19)(H2,15,16,17,18). The molecule has 1 aromatic heterocycles. The van der Waals surface area contributed by atoms with Crippen LogP contribution in [0.5, 0.6) is 0 Å². The van der Waals surface area contributed by atoms with Crippen molar-refractivity contribution >= 4 is 28.9 Å². The predicted molar refractivity (Wildman–Crippen MR) is 81.0 cm³/mol. The molecule has 1 unspecified atom stereocenters. The molecule has 0 spiro atoms. The van der Waals surface area contributed by atoms with Crippen LogP contribution in [0.3, 0.4) is 0 Å². The SMILES string of the molecule is CC(CC(=O)Nc1[nH]ncc1C(N)=S)CC(C)(C)C. The first-order chi connectivity index (χ1) is 8.69. The zero-order valence-corrected chi connectivity index (χ0v) is 12.7. The number of thiocarbonyl (C=S) groups is 1. The molecular weight excluding hydrogens is 260 g/mol. The number of nitrogens with one attached hydrogen (secondary N) is 2. The van der Waals surface area contributed by atoms with Gasteiger partial charge in [-0.1, -0.05) is 39.9 Å². The number of nitrogens with two attached hydrogens (primary N) is 1. The van der Waals surface area contributed by atoms with Crippen molar-refractivity contribution in [1.29, 1.82) is 0 Å². The van der Waals surface area contributed by atoms with Gasteiger partial charge in [0.25, 0.3) is 0 Å². The van der Waals surface area contributed by atoms with Crippen LogP contribution in [0.4, 0.5) is 5.82 Å². The molecular formula is C13H22N4OS. The summed E-state index contributed by atoms with van der Waals surface area (Å²) >= 11 is 4.88. The minimum absolute atomic E-state index is 0.0569. The van der Waals surface area contributed by atoms with E-state index in [9.17, 15) is 4.79 Å². The van der Waals surface area contributed by atoms with Crippen LogP contribution in [-0.2, 0) is 4.79 Å². The van der Waals surface area contributed by atoms with E-state index in [0.29, 0.717) is 23.7 Å². The second-order valence-electron chi connectivity index (χ2n) is 6.15. The van der Waals surface area contributed by atoms with Crippen LogP contribution < -0.4 is 11.1 Å². The zero-order chi connectivity index (χ0) is 14.6. The summed E-state index contributed by atoms with van der Waals surface area (Å²) in [5, 5.41) is 9.28. The van der Waals surface area contributed by atoms with Crippen molar-refractivity contribution in [3.63, 3.8) is 0 Å². The lowest BCUT2D eigenvalue weighted by Gasteiger charge is -2.22. The first kappa shape index (κ1) is 15.6. The summed E-state index contributed by atoms with van der Waals surface area (Å²) in [6, 6.07) is 0. The lowest BCUT2D eigenvalue weighted by molar-refractivity contribution is -0.117. The number of hydrogen-bond acceptors (Lipinski definition) is 3. The van der Waals surface area contributed by atoms with Crippen LogP contribution in [0.1, 0.15) is 46.1 Å². The van der Waals surface area contributed by atoms with Gasteiger partial charge in [-0.05, 0) is 17.8 Å². The molecule has 0 fully saturated rings. The van der Waals surface area contributed by atoms with Gasteiger partial charge in [0.05, 0.1) is 11.8 Å². The second-order valence-corrected chi connectivity index (χ2v) is 6.59. The van der Waals surface area contributed by atoms with Gasteiger partial charge in [-0.15, -0.1) is 0 Å². The topological polar surface area (TPSA) is 83.8 Å².